The molecule has 1 aromatic rings. The van der Waals surface area contributed by atoms with E-state index in [9.17, 15) is 4.79 Å². The summed E-state index contributed by atoms with van der Waals surface area (Å²) >= 11 is 4.87. The molecule has 0 unspecified atom stereocenters. The van der Waals surface area contributed by atoms with Gasteiger partial charge >= 0.3 is 6.09 Å². The summed E-state index contributed by atoms with van der Waals surface area (Å²) in [4.78, 5) is 11.4. The van der Waals surface area contributed by atoms with E-state index in [1.807, 2.05) is 13.8 Å². The summed E-state index contributed by atoms with van der Waals surface area (Å²) in [5.74, 6) is 0.428. The van der Waals surface area contributed by atoms with Crippen molar-refractivity contribution >= 4 is 29.2 Å². The molecular weight excluding hydrogens is 252 g/mol. The number of anilines is 1. The molecule has 0 atom stereocenters. The molecule has 0 heterocycles. The Balaban J connectivity index is 2.64. The maximum Gasteiger partial charge on any atom is 0.412 e. The lowest BCUT2D eigenvalue weighted by Crippen LogP contribution is -2.32. The number of carbonyl (C=O) groups excluding carboxylic acids is 1. The maximum atomic E-state index is 11.4. The second-order valence-electron chi connectivity index (χ2n) is 3.83. The highest BCUT2D eigenvalue weighted by Crippen LogP contribution is 2.17. The van der Waals surface area contributed by atoms with Gasteiger partial charge in [-0.05, 0) is 38.2 Å². The molecule has 0 radical (unpaired) electrons. The van der Waals surface area contributed by atoms with Gasteiger partial charge in [-0.3, -0.25) is 0 Å². The third kappa shape index (κ3) is 5.01. The Morgan fingerprint density at radius 2 is 2.11 bits per heavy atom. The van der Waals surface area contributed by atoms with Crippen LogP contribution < -0.4 is 15.4 Å². The van der Waals surface area contributed by atoms with Gasteiger partial charge in [-0.25, -0.2) is 4.79 Å². The van der Waals surface area contributed by atoms with Gasteiger partial charge in [0.25, 0.3) is 5.17 Å². The average Bonchev–Trinajstić information content (AvgIpc) is 2.28. The lowest BCUT2D eigenvalue weighted by molar-refractivity contribution is 0.198. The Bertz CT molecular complexity index is 435. The lowest BCUT2D eigenvalue weighted by Gasteiger charge is -2.10. The number of ether oxygens (including phenoxy) is 2. The van der Waals surface area contributed by atoms with Gasteiger partial charge in [0, 0.05) is 17.8 Å². The van der Waals surface area contributed by atoms with Gasteiger partial charge in [0.1, 0.15) is 5.75 Å². The van der Waals surface area contributed by atoms with Crippen molar-refractivity contribution in [2.45, 2.75) is 19.9 Å². The van der Waals surface area contributed by atoms with Crippen molar-refractivity contribution < 1.29 is 14.3 Å². The van der Waals surface area contributed by atoms with Gasteiger partial charge in [0.05, 0.1) is 7.11 Å². The summed E-state index contributed by atoms with van der Waals surface area (Å²) in [5, 5.41) is 5.72. The van der Waals surface area contributed by atoms with Crippen molar-refractivity contribution in [3.63, 3.8) is 0 Å². The minimum Gasteiger partial charge on any atom is -0.474 e. The molecule has 0 saturated heterocycles. The molecule has 0 fully saturated rings. The molecule has 1 amide bonds. The van der Waals surface area contributed by atoms with Crippen LogP contribution in [-0.4, -0.2) is 24.4 Å². The molecule has 6 heteroatoms. The van der Waals surface area contributed by atoms with E-state index < -0.39 is 6.09 Å². The molecule has 0 saturated carbocycles. The first-order chi connectivity index (χ1) is 8.51. The van der Waals surface area contributed by atoms with Crippen molar-refractivity contribution in [3.05, 3.63) is 24.3 Å². The van der Waals surface area contributed by atoms with Crippen LogP contribution in [0, 0.1) is 0 Å². The molecule has 0 bridgehead atoms. The molecule has 0 aliphatic heterocycles. The number of amides is 1. The zero-order valence-corrected chi connectivity index (χ0v) is 11.3. The number of methoxy groups -OCH3 is 1. The van der Waals surface area contributed by atoms with E-state index in [2.05, 4.69) is 10.6 Å². The van der Waals surface area contributed by atoms with Crippen LogP contribution >= 0.6 is 12.2 Å². The fourth-order valence-corrected chi connectivity index (χ4v) is 1.30. The predicted octanol–water partition coefficient (Wildman–Crippen LogP) is 2.53. The molecular formula is C12H16N2O3S. The van der Waals surface area contributed by atoms with Crippen molar-refractivity contribution in [3.8, 4) is 5.75 Å². The van der Waals surface area contributed by atoms with Gasteiger partial charge in [0.2, 0.25) is 0 Å². The molecule has 5 nitrogen and oxygen atoms in total. The van der Waals surface area contributed by atoms with Crippen LogP contribution in [0.25, 0.3) is 0 Å². The minimum atomic E-state index is -0.489. The number of rotatable bonds is 3. The Morgan fingerprint density at radius 3 is 2.72 bits per heavy atom. The highest BCUT2D eigenvalue weighted by atomic mass is 32.1. The summed E-state index contributed by atoms with van der Waals surface area (Å²) in [6.07, 6.45) is -0.489. The van der Waals surface area contributed by atoms with Gasteiger partial charge in [0.15, 0.2) is 0 Å². The van der Waals surface area contributed by atoms with Crippen molar-refractivity contribution in [1.29, 1.82) is 0 Å². The summed E-state index contributed by atoms with van der Waals surface area (Å²) < 4.78 is 9.93. The lowest BCUT2D eigenvalue weighted by atomic mass is 10.3. The fraction of sp³-hybridized carbons (Fsp3) is 0.333. The standard InChI is InChI=1S/C12H16N2O3S/c1-8(2)13-11(15)17-10-6-4-5-9(7-10)14-12(18)16-3/h4-8H,1-3H3,(H,13,15)(H,14,18). The van der Waals surface area contributed by atoms with E-state index in [-0.39, 0.29) is 11.2 Å². The first-order valence-corrected chi connectivity index (χ1v) is 5.85. The SMILES string of the molecule is COC(=S)Nc1cccc(OC(=O)NC(C)C)c1. The quantitative estimate of drug-likeness (QED) is 0.825. The number of carbonyl (C=O) groups is 1. The fourth-order valence-electron chi connectivity index (χ4n) is 1.18. The van der Waals surface area contributed by atoms with E-state index in [4.69, 9.17) is 21.7 Å². The van der Waals surface area contributed by atoms with E-state index in [0.717, 1.165) is 0 Å². The van der Waals surface area contributed by atoms with Crippen molar-refractivity contribution in [2.24, 2.45) is 0 Å². The second-order valence-corrected chi connectivity index (χ2v) is 4.20. The Labute approximate surface area is 111 Å². The summed E-state index contributed by atoms with van der Waals surface area (Å²) in [5.41, 5.74) is 0.691. The van der Waals surface area contributed by atoms with Crippen molar-refractivity contribution in [2.75, 3.05) is 12.4 Å². The number of nitrogens with one attached hydrogen (secondary N) is 2. The smallest absolute Gasteiger partial charge is 0.412 e. The van der Waals surface area contributed by atoms with Crippen LogP contribution in [0.4, 0.5) is 10.5 Å². The molecule has 0 aromatic heterocycles. The summed E-state index contributed by atoms with van der Waals surface area (Å²) in [7, 11) is 1.48. The predicted molar refractivity (Wildman–Crippen MR) is 74.0 cm³/mol. The molecule has 1 rings (SSSR count). The molecule has 0 spiro atoms. The topological polar surface area (TPSA) is 59.6 Å². The summed E-state index contributed by atoms with van der Waals surface area (Å²) in [6.45, 7) is 3.71. The van der Waals surface area contributed by atoms with Crippen LogP contribution in [0.3, 0.4) is 0 Å². The largest absolute Gasteiger partial charge is 0.474 e. The molecule has 98 valence electrons. The van der Waals surface area contributed by atoms with Gasteiger partial charge in [-0.2, -0.15) is 0 Å². The van der Waals surface area contributed by atoms with E-state index in [0.29, 0.717) is 11.4 Å². The summed E-state index contributed by atoms with van der Waals surface area (Å²) in [6, 6.07) is 6.91. The van der Waals surface area contributed by atoms with Gasteiger partial charge in [-0.1, -0.05) is 6.07 Å². The first-order valence-electron chi connectivity index (χ1n) is 5.44. The zero-order valence-electron chi connectivity index (χ0n) is 10.5. The minimum absolute atomic E-state index is 0.0277. The molecule has 1 aromatic carbocycles. The monoisotopic (exact) mass is 268 g/mol. The molecule has 0 aliphatic carbocycles. The van der Waals surface area contributed by atoms with Crippen LogP contribution in [0.15, 0.2) is 24.3 Å². The first kappa shape index (κ1) is 14.2. The number of thiocarbonyl (C=S) groups is 1. The van der Waals surface area contributed by atoms with Gasteiger partial charge < -0.3 is 20.1 Å². The highest BCUT2D eigenvalue weighted by Gasteiger charge is 2.06. The number of hydrogen-bond donors (Lipinski definition) is 2. The molecule has 2 N–H and O–H groups in total. The number of hydrogen-bond acceptors (Lipinski definition) is 4. The Morgan fingerprint density at radius 1 is 1.39 bits per heavy atom. The maximum absolute atomic E-state index is 11.4. The molecule has 18 heavy (non-hydrogen) atoms. The van der Waals surface area contributed by atoms with Gasteiger partial charge in [-0.15, -0.1) is 0 Å². The highest BCUT2D eigenvalue weighted by molar-refractivity contribution is 7.80. The third-order valence-electron chi connectivity index (χ3n) is 1.88. The van der Waals surface area contributed by atoms with E-state index in [1.54, 1.807) is 24.3 Å². The Kier molecular flexibility index (Phi) is 5.38. The van der Waals surface area contributed by atoms with Crippen LogP contribution in [0.2, 0.25) is 0 Å². The number of benzene rings is 1. The zero-order chi connectivity index (χ0) is 13.5. The van der Waals surface area contributed by atoms with Crippen LogP contribution in [0.5, 0.6) is 5.75 Å². The molecule has 0 aliphatic rings. The normalized spacial score (nSPS) is 9.78. The van der Waals surface area contributed by atoms with E-state index >= 15 is 0 Å². The van der Waals surface area contributed by atoms with E-state index in [1.165, 1.54) is 7.11 Å². The van der Waals surface area contributed by atoms with Crippen LogP contribution in [-0.2, 0) is 4.74 Å². The van der Waals surface area contributed by atoms with Crippen molar-refractivity contribution in [1.82, 2.24) is 5.32 Å². The van der Waals surface area contributed by atoms with Crippen LogP contribution in [0.1, 0.15) is 13.8 Å². The second kappa shape index (κ2) is 6.80. The third-order valence-corrected chi connectivity index (χ3v) is 2.15. The Hall–Kier alpha value is -1.82. The average molecular weight is 268 g/mol.